The van der Waals surface area contributed by atoms with E-state index in [0.29, 0.717) is 5.69 Å². The van der Waals surface area contributed by atoms with Gasteiger partial charge in [0.1, 0.15) is 9.84 Å². The lowest BCUT2D eigenvalue weighted by molar-refractivity contribution is -0.137. The van der Waals surface area contributed by atoms with Crippen molar-refractivity contribution in [2.75, 3.05) is 36.3 Å². The highest BCUT2D eigenvalue weighted by atomic mass is 32.2. The number of amides is 1. The van der Waals surface area contributed by atoms with Gasteiger partial charge in [-0.15, -0.1) is 0 Å². The van der Waals surface area contributed by atoms with Crippen LogP contribution in [0.3, 0.4) is 0 Å². The minimum Gasteiger partial charge on any atom is -0.376 e. The Morgan fingerprint density at radius 2 is 1.86 bits per heavy atom. The van der Waals surface area contributed by atoms with Crippen molar-refractivity contribution in [2.24, 2.45) is 0 Å². The molecule has 0 aliphatic heterocycles. The molecule has 5 nitrogen and oxygen atoms in total. The second kappa shape index (κ2) is 6.55. The van der Waals surface area contributed by atoms with Gasteiger partial charge in [0.05, 0.1) is 22.7 Å². The zero-order valence-electron chi connectivity index (χ0n) is 12.4. The Morgan fingerprint density at radius 1 is 1.27 bits per heavy atom. The standard InChI is InChI=1S/C13H17F3N2O3S/c1-18(2)11-5-4-9(13(14,15)16)8-10(11)17-12(19)6-7-22(3,20)21/h4-5,8H,6-7H2,1-3H3,(H,17,19). The molecule has 1 aromatic rings. The first-order valence-corrected chi connectivity index (χ1v) is 8.32. The summed E-state index contributed by atoms with van der Waals surface area (Å²) in [6.07, 6.45) is -3.87. The number of alkyl halides is 3. The first-order valence-electron chi connectivity index (χ1n) is 6.26. The average Bonchev–Trinajstić information content (AvgIpc) is 2.34. The second-order valence-corrected chi connectivity index (χ2v) is 7.31. The van der Waals surface area contributed by atoms with Crippen LogP contribution in [0.25, 0.3) is 0 Å². The number of rotatable bonds is 5. The molecular formula is C13H17F3N2O3S. The monoisotopic (exact) mass is 338 g/mol. The number of benzene rings is 1. The van der Waals surface area contributed by atoms with E-state index in [1.807, 2.05) is 0 Å². The smallest absolute Gasteiger partial charge is 0.376 e. The molecule has 1 aromatic carbocycles. The molecule has 0 saturated heterocycles. The number of carbonyl (C=O) groups excluding carboxylic acids is 1. The average molecular weight is 338 g/mol. The van der Waals surface area contributed by atoms with E-state index in [1.54, 1.807) is 19.0 Å². The van der Waals surface area contributed by atoms with Crippen LogP contribution in [0.5, 0.6) is 0 Å². The predicted octanol–water partition coefficient (Wildman–Crippen LogP) is 2.14. The van der Waals surface area contributed by atoms with E-state index in [0.717, 1.165) is 18.4 Å². The Bertz CT molecular complexity index is 655. The van der Waals surface area contributed by atoms with Gasteiger partial charge >= 0.3 is 6.18 Å². The molecule has 0 aliphatic rings. The minimum absolute atomic E-state index is 0.0154. The maximum Gasteiger partial charge on any atom is 0.416 e. The third-order valence-electron chi connectivity index (χ3n) is 2.78. The van der Waals surface area contributed by atoms with Crippen molar-refractivity contribution < 1.29 is 26.4 Å². The summed E-state index contributed by atoms with van der Waals surface area (Å²) in [6.45, 7) is 0. The summed E-state index contributed by atoms with van der Waals surface area (Å²) >= 11 is 0. The normalized spacial score (nSPS) is 12.1. The minimum atomic E-state index is -4.53. The molecule has 0 fully saturated rings. The molecule has 0 saturated carbocycles. The van der Waals surface area contributed by atoms with E-state index in [1.165, 1.54) is 6.07 Å². The summed E-state index contributed by atoms with van der Waals surface area (Å²) < 4.78 is 60.2. The molecule has 1 N–H and O–H groups in total. The fourth-order valence-electron chi connectivity index (χ4n) is 1.69. The van der Waals surface area contributed by atoms with Crippen LogP contribution in [0.15, 0.2) is 18.2 Å². The van der Waals surface area contributed by atoms with Gasteiger partial charge < -0.3 is 10.2 Å². The van der Waals surface area contributed by atoms with Crippen LogP contribution in [0.4, 0.5) is 24.5 Å². The van der Waals surface area contributed by atoms with Crippen LogP contribution < -0.4 is 10.2 Å². The molecule has 0 heterocycles. The SMILES string of the molecule is CN(C)c1ccc(C(F)(F)F)cc1NC(=O)CCS(C)(=O)=O. The van der Waals surface area contributed by atoms with Crippen molar-refractivity contribution in [2.45, 2.75) is 12.6 Å². The summed E-state index contributed by atoms with van der Waals surface area (Å²) in [6, 6.07) is 2.99. The third-order valence-corrected chi connectivity index (χ3v) is 3.73. The molecule has 0 spiro atoms. The first kappa shape index (κ1) is 18.3. The number of carbonyl (C=O) groups is 1. The number of anilines is 2. The van der Waals surface area contributed by atoms with Gasteiger partial charge in [-0.05, 0) is 18.2 Å². The van der Waals surface area contributed by atoms with Crippen molar-refractivity contribution in [3.05, 3.63) is 23.8 Å². The zero-order valence-corrected chi connectivity index (χ0v) is 13.2. The van der Waals surface area contributed by atoms with Crippen molar-refractivity contribution in [3.63, 3.8) is 0 Å². The summed E-state index contributed by atoms with van der Waals surface area (Å²) in [7, 11) is -0.0810. The Hall–Kier alpha value is -1.77. The fraction of sp³-hybridized carbons (Fsp3) is 0.462. The zero-order chi connectivity index (χ0) is 17.1. The highest BCUT2D eigenvalue weighted by molar-refractivity contribution is 7.90. The highest BCUT2D eigenvalue weighted by Crippen LogP contribution is 2.34. The van der Waals surface area contributed by atoms with Crippen molar-refractivity contribution in [1.82, 2.24) is 0 Å². The molecule has 0 atom stereocenters. The van der Waals surface area contributed by atoms with E-state index in [2.05, 4.69) is 5.32 Å². The lowest BCUT2D eigenvalue weighted by Gasteiger charge is -2.19. The summed E-state index contributed by atoms with van der Waals surface area (Å²) in [4.78, 5) is 13.3. The maximum absolute atomic E-state index is 12.7. The van der Waals surface area contributed by atoms with Crippen molar-refractivity contribution in [1.29, 1.82) is 0 Å². The molecule has 124 valence electrons. The second-order valence-electron chi connectivity index (χ2n) is 5.05. The molecule has 0 bridgehead atoms. The molecule has 9 heteroatoms. The van der Waals surface area contributed by atoms with Gasteiger partial charge in [0.25, 0.3) is 0 Å². The van der Waals surface area contributed by atoms with E-state index in [4.69, 9.17) is 0 Å². The van der Waals surface area contributed by atoms with Crippen LogP contribution in [0, 0.1) is 0 Å². The molecule has 1 rings (SSSR count). The predicted molar refractivity (Wildman–Crippen MR) is 78.7 cm³/mol. The fourth-order valence-corrected chi connectivity index (χ4v) is 2.25. The van der Waals surface area contributed by atoms with Crippen molar-refractivity contribution in [3.8, 4) is 0 Å². The molecule has 0 unspecified atom stereocenters. The summed E-state index contributed by atoms with van der Waals surface area (Å²) in [5.74, 6) is -1.03. The van der Waals surface area contributed by atoms with Gasteiger partial charge in [0, 0.05) is 26.8 Å². The number of hydrogen-bond acceptors (Lipinski definition) is 4. The van der Waals surface area contributed by atoms with Crippen LogP contribution in [0.2, 0.25) is 0 Å². The Morgan fingerprint density at radius 3 is 2.32 bits per heavy atom. The van der Waals surface area contributed by atoms with Crippen LogP contribution >= 0.6 is 0 Å². The van der Waals surface area contributed by atoms with Crippen LogP contribution in [-0.2, 0) is 20.8 Å². The molecule has 0 aliphatic carbocycles. The van der Waals surface area contributed by atoms with Crippen LogP contribution in [0.1, 0.15) is 12.0 Å². The van der Waals surface area contributed by atoms with Gasteiger partial charge in [-0.25, -0.2) is 8.42 Å². The highest BCUT2D eigenvalue weighted by Gasteiger charge is 2.31. The first-order chi connectivity index (χ1) is 9.90. The Kier molecular flexibility index (Phi) is 5.44. The molecule has 1 amide bonds. The van der Waals surface area contributed by atoms with Gasteiger partial charge in [-0.2, -0.15) is 13.2 Å². The van der Waals surface area contributed by atoms with Gasteiger partial charge in [-0.1, -0.05) is 0 Å². The lowest BCUT2D eigenvalue weighted by Crippen LogP contribution is -2.20. The number of nitrogens with one attached hydrogen (secondary N) is 1. The van der Waals surface area contributed by atoms with Gasteiger partial charge in [0.2, 0.25) is 5.91 Å². The topological polar surface area (TPSA) is 66.5 Å². The van der Waals surface area contributed by atoms with E-state index in [9.17, 15) is 26.4 Å². The Balaban J connectivity index is 3.02. The van der Waals surface area contributed by atoms with Gasteiger partial charge in [0.15, 0.2) is 0 Å². The summed E-state index contributed by atoms with van der Waals surface area (Å²) in [5.41, 5.74) is -0.518. The van der Waals surface area contributed by atoms with E-state index in [-0.39, 0.29) is 17.9 Å². The van der Waals surface area contributed by atoms with Crippen LogP contribution in [-0.4, -0.2) is 40.4 Å². The number of nitrogens with zero attached hydrogens (tertiary/aromatic N) is 1. The lowest BCUT2D eigenvalue weighted by atomic mass is 10.1. The largest absolute Gasteiger partial charge is 0.416 e. The molecule has 0 aromatic heterocycles. The number of halogens is 3. The third kappa shape index (κ3) is 5.55. The van der Waals surface area contributed by atoms with Crippen molar-refractivity contribution >= 4 is 27.1 Å². The van der Waals surface area contributed by atoms with Gasteiger partial charge in [-0.3, -0.25) is 4.79 Å². The maximum atomic E-state index is 12.7. The number of hydrogen-bond donors (Lipinski definition) is 1. The number of sulfone groups is 1. The molecule has 22 heavy (non-hydrogen) atoms. The molecular weight excluding hydrogens is 321 g/mol. The quantitative estimate of drug-likeness (QED) is 0.893. The summed E-state index contributed by atoms with van der Waals surface area (Å²) in [5, 5.41) is 2.33. The van der Waals surface area contributed by atoms with E-state index >= 15 is 0 Å². The van der Waals surface area contributed by atoms with E-state index < -0.39 is 27.5 Å². The Labute approximate surface area is 127 Å². The molecule has 0 radical (unpaired) electrons.